The summed E-state index contributed by atoms with van der Waals surface area (Å²) in [6, 6.07) is 25.6. The van der Waals surface area contributed by atoms with Gasteiger partial charge in [0.05, 0.1) is 11.1 Å². The zero-order chi connectivity index (χ0) is 33.4. The Morgan fingerprint density at radius 2 is 0.542 bits per heavy atom. The molecule has 0 atom stereocenters. The molecule has 48 heavy (non-hydrogen) atoms. The Morgan fingerprint density at radius 1 is 0.312 bits per heavy atom. The van der Waals surface area contributed by atoms with Gasteiger partial charge in [0.2, 0.25) is 0 Å². The third-order valence-electron chi connectivity index (χ3n) is 8.87. The minimum atomic E-state index is -2.23. The number of benzene rings is 6. The summed E-state index contributed by atoms with van der Waals surface area (Å²) in [6.45, 7) is 0. The van der Waals surface area contributed by atoms with Crippen LogP contribution in [0.4, 0.5) is 69.2 Å². The van der Waals surface area contributed by atoms with Crippen LogP contribution >= 0.6 is 0 Å². The average Bonchev–Trinajstić information content (AvgIpc) is 3.10. The van der Waals surface area contributed by atoms with Crippen LogP contribution < -0.4 is 9.80 Å². The summed E-state index contributed by atoms with van der Waals surface area (Å²) in [4.78, 5) is 1.94. The highest BCUT2D eigenvalue weighted by molar-refractivity contribution is 5.87. The molecule has 0 fully saturated rings. The average molecular weight is 657 g/mol. The molecule has 0 spiro atoms. The van der Waals surface area contributed by atoms with Crippen LogP contribution in [-0.4, -0.2) is 0 Å². The van der Waals surface area contributed by atoms with E-state index in [1.54, 1.807) is 72.8 Å². The molecule has 8 rings (SSSR count). The van der Waals surface area contributed by atoms with Gasteiger partial charge in [-0.2, -0.15) is 0 Å². The molecule has 2 heterocycles. The number of fused-ring (bicyclic) bond motifs is 4. The fourth-order valence-corrected chi connectivity index (χ4v) is 6.74. The van der Waals surface area contributed by atoms with Crippen molar-refractivity contribution in [3.05, 3.63) is 166 Å². The molecule has 2 nitrogen and oxygen atoms in total. The van der Waals surface area contributed by atoms with Crippen LogP contribution in [0.25, 0.3) is 11.1 Å². The monoisotopic (exact) mass is 656 g/mol. The van der Waals surface area contributed by atoms with Crippen molar-refractivity contribution in [2.45, 2.75) is 12.8 Å². The van der Waals surface area contributed by atoms with Gasteiger partial charge in [0.25, 0.3) is 0 Å². The molecule has 0 amide bonds. The number of anilines is 6. The Balaban J connectivity index is 1.35. The maximum Gasteiger partial charge on any atom is 0.186 e. The Hall–Kier alpha value is -5.64. The molecule has 2 aliphatic heterocycles. The molecule has 0 bridgehead atoms. The quantitative estimate of drug-likeness (QED) is 0.138. The van der Waals surface area contributed by atoms with E-state index >= 15 is 35.1 Å². The Morgan fingerprint density at radius 3 is 0.792 bits per heavy atom. The highest BCUT2D eigenvalue weighted by Crippen LogP contribution is 2.51. The second-order valence-corrected chi connectivity index (χ2v) is 11.5. The predicted octanol–water partition coefficient (Wildman–Crippen LogP) is 11.2. The van der Waals surface area contributed by atoms with Crippen LogP contribution in [0.5, 0.6) is 0 Å². The lowest BCUT2D eigenvalue weighted by Crippen LogP contribution is -2.23. The molecule has 6 aromatic carbocycles. The molecule has 0 N–H and O–H groups in total. The van der Waals surface area contributed by atoms with Gasteiger partial charge in [-0.05, 0) is 46.5 Å². The summed E-state index contributed by atoms with van der Waals surface area (Å²) in [6.07, 6.45) is 0.699. The van der Waals surface area contributed by atoms with E-state index in [0.717, 1.165) is 9.80 Å². The molecule has 0 aliphatic carbocycles. The Labute approximate surface area is 268 Å². The molecule has 2 aliphatic rings. The van der Waals surface area contributed by atoms with Gasteiger partial charge >= 0.3 is 0 Å². The van der Waals surface area contributed by atoms with Crippen molar-refractivity contribution in [3.63, 3.8) is 0 Å². The molecule has 10 heteroatoms. The van der Waals surface area contributed by atoms with E-state index in [-0.39, 0.29) is 22.7 Å². The summed E-state index contributed by atoms with van der Waals surface area (Å²) in [5.74, 6) is -17.0. The number of hydrogen-bond acceptors (Lipinski definition) is 2. The lowest BCUT2D eigenvalue weighted by Gasteiger charge is -2.34. The number of rotatable bonds is 3. The highest BCUT2D eigenvalue weighted by Gasteiger charge is 2.39. The SMILES string of the molecule is Fc1c(F)c(N2c3ccccc3Cc3ccccc32)c(F)c(F)c1-c1c(F)c(F)c(N2c3ccccc3Cc3ccccc32)c(F)c1F. The lowest BCUT2D eigenvalue weighted by atomic mass is 9.93. The van der Waals surface area contributed by atoms with Crippen molar-refractivity contribution in [2.75, 3.05) is 9.80 Å². The van der Waals surface area contributed by atoms with Crippen molar-refractivity contribution < 1.29 is 35.1 Å². The van der Waals surface area contributed by atoms with Crippen molar-refractivity contribution in [1.29, 1.82) is 0 Å². The van der Waals surface area contributed by atoms with Crippen LogP contribution in [-0.2, 0) is 12.8 Å². The molecule has 0 unspecified atom stereocenters. The lowest BCUT2D eigenvalue weighted by molar-refractivity contribution is 0.444. The summed E-state index contributed by atoms with van der Waals surface area (Å²) < 4.78 is 128. The number of para-hydroxylation sites is 4. The van der Waals surface area contributed by atoms with Crippen LogP contribution in [0, 0.1) is 46.5 Å². The highest BCUT2D eigenvalue weighted by atomic mass is 19.2. The second kappa shape index (κ2) is 11.0. The fourth-order valence-electron chi connectivity index (χ4n) is 6.74. The largest absolute Gasteiger partial charge is 0.305 e. The van der Waals surface area contributed by atoms with Crippen LogP contribution in [0.2, 0.25) is 0 Å². The number of hydrogen-bond donors (Lipinski definition) is 0. The summed E-state index contributed by atoms with van der Waals surface area (Å²) in [5.41, 5.74) is -3.09. The topological polar surface area (TPSA) is 6.48 Å². The third-order valence-corrected chi connectivity index (χ3v) is 8.87. The van der Waals surface area contributed by atoms with Gasteiger partial charge in [0.15, 0.2) is 46.5 Å². The third kappa shape index (κ3) is 4.18. The van der Waals surface area contributed by atoms with Gasteiger partial charge in [0, 0.05) is 35.6 Å². The molecule has 6 aromatic rings. The van der Waals surface area contributed by atoms with E-state index in [1.165, 1.54) is 24.3 Å². The van der Waals surface area contributed by atoms with E-state index < -0.39 is 69.0 Å². The standard InChI is InChI=1S/C38H20F8N2/c39-29-27(30(40)34(44)37(33(29)43)47-23-13-5-1-9-19(23)17-20-10-2-6-14-24(20)47)28-31(41)35(45)38(36(46)32(28)42)48-25-15-7-3-11-21(25)18-22-12-4-8-16-26(22)48/h1-16H,17-18H2. The second-order valence-electron chi connectivity index (χ2n) is 11.5. The molecular weight excluding hydrogens is 636 g/mol. The van der Waals surface area contributed by atoms with Crippen molar-refractivity contribution in [2.24, 2.45) is 0 Å². The van der Waals surface area contributed by atoms with E-state index in [2.05, 4.69) is 0 Å². The van der Waals surface area contributed by atoms with Gasteiger partial charge in [-0.15, -0.1) is 0 Å². The van der Waals surface area contributed by atoms with Gasteiger partial charge in [-0.3, -0.25) is 0 Å². The van der Waals surface area contributed by atoms with Crippen LogP contribution in [0.3, 0.4) is 0 Å². The van der Waals surface area contributed by atoms with E-state index in [4.69, 9.17) is 0 Å². The van der Waals surface area contributed by atoms with Gasteiger partial charge < -0.3 is 9.80 Å². The first kappa shape index (κ1) is 29.7. The molecule has 0 radical (unpaired) electrons. The Bertz CT molecular complexity index is 2010. The number of nitrogens with zero attached hydrogens (tertiary/aromatic N) is 2. The summed E-state index contributed by atoms with van der Waals surface area (Å²) in [5, 5.41) is 0. The summed E-state index contributed by atoms with van der Waals surface area (Å²) >= 11 is 0. The minimum absolute atomic E-state index is 0.210. The van der Waals surface area contributed by atoms with Crippen molar-refractivity contribution in [1.82, 2.24) is 0 Å². The zero-order valence-corrected chi connectivity index (χ0v) is 24.6. The van der Waals surface area contributed by atoms with Crippen molar-refractivity contribution >= 4 is 34.1 Å². The zero-order valence-electron chi connectivity index (χ0n) is 24.6. The molecule has 0 saturated heterocycles. The first-order valence-electron chi connectivity index (χ1n) is 14.8. The van der Waals surface area contributed by atoms with Gasteiger partial charge in [-0.25, -0.2) is 35.1 Å². The number of halogens is 8. The van der Waals surface area contributed by atoms with Crippen molar-refractivity contribution in [3.8, 4) is 11.1 Å². The molecule has 0 saturated carbocycles. The predicted molar refractivity (Wildman–Crippen MR) is 167 cm³/mol. The maximum atomic E-state index is 16.1. The normalized spacial score (nSPS) is 13.2. The summed E-state index contributed by atoms with van der Waals surface area (Å²) in [7, 11) is 0. The molecule has 238 valence electrons. The molecule has 0 aromatic heterocycles. The van der Waals surface area contributed by atoms with Gasteiger partial charge in [0.1, 0.15) is 11.4 Å². The Kier molecular flexibility index (Phi) is 6.80. The van der Waals surface area contributed by atoms with E-state index in [1.807, 2.05) is 0 Å². The van der Waals surface area contributed by atoms with E-state index in [0.29, 0.717) is 35.1 Å². The first-order chi connectivity index (χ1) is 23.2. The van der Waals surface area contributed by atoms with Crippen LogP contribution in [0.15, 0.2) is 97.1 Å². The van der Waals surface area contributed by atoms with E-state index in [9.17, 15) is 0 Å². The van der Waals surface area contributed by atoms with Gasteiger partial charge in [-0.1, -0.05) is 72.8 Å². The smallest absolute Gasteiger partial charge is 0.186 e. The first-order valence-corrected chi connectivity index (χ1v) is 14.8. The van der Waals surface area contributed by atoms with Crippen LogP contribution in [0.1, 0.15) is 22.3 Å². The molecular formula is C38H20F8N2. The maximum absolute atomic E-state index is 16.1. The minimum Gasteiger partial charge on any atom is -0.305 e. The fraction of sp³-hybridized carbons (Fsp3) is 0.0526.